The molecule has 2 aromatic carbocycles. The SMILES string of the molecule is CC(=O)N(CCC(=O)Nc1c(C(C)C)cccc1C(C)C)Cc1ccccc1F. The fourth-order valence-electron chi connectivity index (χ4n) is 3.31. The summed E-state index contributed by atoms with van der Waals surface area (Å²) in [6.45, 7) is 10.2. The van der Waals surface area contributed by atoms with Crippen LogP contribution in [0.1, 0.15) is 69.6 Å². The molecule has 29 heavy (non-hydrogen) atoms. The summed E-state index contributed by atoms with van der Waals surface area (Å²) < 4.78 is 13.9. The summed E-state index contributed by atoms with van der Waals surface area (Å²) in [4.78, 5) is 26.2. The van der Waals surface area contributed by atoms with Crippen LogP contribution in [0, 0.1) is 5.82 Å². The smallest absolute Gasteiger partial charge is 0.226 e. The summed E-state index contributed by atoms with van der Waals surface area (Å²) in [5.41, 5.74) is 3.50. The van der Waals surface area contributed by atoms with Gasteiger partial charge in [0.1, 0.15) is 5.82 Å². The van der Waals surface area contributed by atoms with E-state index >= 15 is 0 Å². The van der Waals surface area contributed by atoms with Gasteiger partial charge in [0.2, 0.25) is 11.8 Å². The quantitative estimate of drug-likeness (QED) is 0.643. The van der Waals surface area contributed by atoms with Gasteiger partial charge < -0.3 is 10.2 Å². The number of halogens is 1. The Morgan fingerprint density at radius 2 is 1.55 bits per heavy atom. The zero-order valence-corrected chi connectivity index (χ0v) is 18.0. The Morgan fingerprint density at radius 3 is 2.07 bits per heavy atom. The maximum absolute atomic E-state index is 13.9. The molecule has 5 heteroatoms. The van der Waals surface area contributed by atoms with E-state index in [9.17, 15) is 14.0 Å². The second-order valence-corrected chi connectivity index (χ2v) is 7.95. The van der Waals surface area contributed by atoms with Crippen molar-refractivity contribution in [1.29, 1.82) is 0 Å². The standard InChI is InChI=1S/C24H31FN2O2/c1-16(2)20-10-8-11-21(17(3)4)24(20)26-23(29)13-14-27(18(5)28)15-19-9-6-7-12-22(19)25/h6-12,16-17H,13-15H2,1-5H3,(H,26,29). The lowest BCUT2D eigenvalue weighted by molar-refractivity contribution is -0.130. The third-order valence-corrected chi connectivity index (χ3v) is 5.01. The van der Waals surface area contributed by atoms with E-state index in [-0.39, 0.29) is 49.0 Å². The Bertz CT molecular complexity index is 835. The molecule has 4 nitrogen and oxygen atoms in total. The highest BCUT2D eigenvalue weighted by Gasteiger charge is 2.18. The third kappa shape index (κ3) is 6.14. The molecule has 0 unspecified atom stereocenters. The number of amides is 2. The van der Waals surface area contributed by atoms with Gasteiger partial charge in [0.25, 0.3) is 0 Å². The molecule has 0 heterocycles. The van der Waals surface area contributed by atoms with E-state index in [0.29, 0.717) is 5.56 Å². The van der Waals surface area contributed by atoms with Crippen LogP contribution in [0.5, 0.6) is 0 Å². The minimum absolute atomic E-state index is 0.148. The molecule has 2 amide bonds. The molecule has 0 aliphatic heterocycles. The zero-order chi connectivity index (χ0) is 21.6. The Labute approximate surface area is 173 Å². The number of rotatable bonds is 8. The number of hydrogen-bond acceptors (Lipinski definition) is 2. The average molecular weight is 399 g/mol. The first-order valence-corrected chi connectivity index (χ1v) is 10.1. The summed E-state index contributed by atoms with van der Waals surface area (Å²) in [5.74, 6) is -0.139. The lowest BCUT2D eigenvalue weighted by Gasteiger charge is -2.23. The van der Waals surface area contributed by atoms with Crippen LogP contribution in [0.25, 0.3) is 0 Å². The van der Waals surface area contributed by atoms with Crippen LogP contribution in [0.15, 0.2) is 42.5 Å². The van der Waals surface area contributed by atoms with Crippen LogP contribution in [0.2, 0.25) is 0 Å². The first kappa shape index (κ1) is 22.6. The van der Waals surface area contributed by atoms with Gasteiger partial charge in [0, 0.05) is 37.7 Å². The van der Waals surface area contributed by atoms with Crippen LogP contribution >= 0.6 is 0 Å². The number of anilines is 1. The normalized spacial score (nSPS) is 11.0. The van der Waals surface area contributed by atoms with Crippen molar-refractivity contribution in [3.05, 3.63) is 65.0 Å². The summed E-state index contributed by atoms with van der Waals surface area (Å²) in [6.07, 6.45) is 0.151. The predicted octanol–water partition coefficient (Wildman–Crippen LogP) is 5.45. The van der Waals surface area contributed by atoms with Crippen LogP contribution < -0.4 is 5.32 Å². The van der Waals surface area contributed by atoms with Crippen molar-refractivity contribution in [2.75, 3.05) is 11.9 Å². The Hall–Kier alpha value is -2.69. The van der Waals surface area contributed by atoms with Gasteiger partial charge in [-0.1, -0.05) is 64.1 Å². The van der Waals surface area contributed by atoms with Gasteiger partial charge >= 0.3 is 0 Å². The molecular formula is C24H31FN2O2. The van der Waals surface area contributed by atoms with Crippen LogP contribution in [-0.4, -0.2) is 23.3 Å². The van der Waals surface area contributed by atoms with Gasteiger partial charge in [-0.25, -0.2) is 4.39 Å². The van der Waals surface area contributed by atoms with Crippen molar-refractivity contribution < 1.29 is 14.0 Å². The Morgan fingerprint density at radius 1 is 0.966 bits per heavy atom. The molecule has 0 aromatic heterocycles. The van der Waals surface area contributed by atoms with Gasteiger partial charge in [-0.3, -0.25) is 9.59 Å². The highest BCUT2D eigenvalue weighted by atomic mass is 19.1. The first-order chi connectivity index (χ1) is 13.7. The van der Waals surface area contributed by atoms with E-state index in [1.54, 1.807) is 18.2 Å². The lowest BCUT2D eigenvalue weighted by Crippen LogP contribution is -2.32. The molecule has 156 valence electrons. The molecule has 0 bridgehead atoms. The molecule has 0 atom stereocenters. The van der Waals surface area contributed by atoms with E-state index in [1.165, 1.54) is 17.9 Å². The topological polar surface area (TPSA) is 49.4 Å². The molecule has 0 saturated heterocycles. The second-order valence-electron chi connectivity index (χ2n) is 7.95. The third-order valence-electron chi connectivity index (χ3n) is 5.01. The molecule has 0 fully saturated rings. The zero-order valence-electron chi connectivity index (χ0n) is 18.0. The molecule has 0 aliphatic carbocycles. The van der Waals surface area contributed by atoms with E-state index in [1.807, 2.05) is 18.2 Å². The van der Waals surface area contributed by atoms with Crippen molar-refractivity contribution in [2.45, 2.75) is 59.4 Å². The fourth-order valence-corrected chi connectivity index (χ4v) is 3.31. The van der Waals surface area contributed by atoms with Gasteiger partial charge in [-0.05, 0) is 29.0 Å². The molecule has 2 rings (SSSR count). The number of hydrogen-bond donors (Lipinski definition) is 1. The van der Waals surface area contributed by atoms with Gasteiger partial charge in [0.05, 0.1) is 0 Å². The van der Waals surface area contributed by atoms with Crippen molar-refractivity contribution in [3.8, 4) is 0 Å². The highest BCUT2D eigenvalue weighted by Crippen LogP contribution is 2.32. The molecule has 1 N–H and O–H groups in total. The minimum atomic E-state index is -0.351. The Balaban J connectivity index is 2.10. The molecule has 0 saturated carbocycles. The Kier molecular flexibility index (Phi) is 7.94. The van der Waals surface area contributed by atoms with Gasteiger partial charge in [-0.15, -0.1) is 0 Å². The van der Waals surface area contributed by atoms with Crippen LogP contribution in [0.3, 0.4) is 0 Å². The number of carbonyl (C=O) groups is 2. The number of benzene rings is 2. The van der Waals surface area contributed by atoms with Gasteiger partial charge in [-0.2, -0.15) is 0 Å². The first-order valence-electron chi connectivity index (χ1n) is 10.1. The van der Waals surface area contributed by atoms with Crippen molar-refractivity contribution in [3.63, 3.8) is 0 Å². The van der Waals surface area contributed by atoms with E-state index in [0.717, 1.165) is 16.8 Å². The summed E-state index contributed by atoms with van der Waals surface area (Å²) in [7, 11) is 0. The number of nitrogens with one attached hydrogen (secondary N) is 1. The molecule has 0 radical (unpaired) electrons. The maximum atomic E-state index is 13.9. The largest absolute Gasteiger partial charge is 0.338 e. The van der Waals surface area contributed by atoms with E-state index < -0.39 is 0 Å². The maximum Gasteiger partial charge on any atom is 0.226 e. The van der Waals surface area contributed by atoms with E-state index in [4.69, 9.17) is 0 Å². The monoisotopic (exact) mass is 398 g/mol. The molecule has 2 aromatic rings. The van der Waals surface area contributed by atoms with Gasteiger partial charge in [0.15, 0.2) is 0 Å². The van der Waals surface area contributed by atoms with Crippen molar-refractivity contribution in [1.82, 2.24) is 4.90 Å². The molecule has 0 spiro atoms. The van der Waals surface area contributed by atoms with Crippen molar-refractivity contribution in [2.24, 2.45) is 0 Å². The van der Waals surface area contributed by atoms with Crippen LogP contribution in [-0.2, 0) is 16.1 Å². The minimum Gasteiger partial charge on any atom is -0.338 e. The molecule has 0 aliphatic rings. The predicted molar refractivity (Wildman–Crippen MR) is 115 cm³/mol. The van der Waals surface area contributed by atoms with Crippen molar-refractivity contribution >= 4 is 17.5 Å². The lowest BCUT2D eigenvalue weighted by atomic mass is 9.92. The molecular weight excluding hydrogens is 367 g/mol. The number of para-hydroxylation sites is 1. The fraction of sp³-hybridized carbons (Fsp3) is 0.417. The highest BCUT2D eigenvalue weighted by molar-refractivity contribution is 5.93. The summed E-state index contributed by atoms with van der Waals surface area (Å²) in [6, 6.07) is 12.5. The number of nitrogens with zero attached hydrogens (tertiary/aromatic N) is 1. The summed E-state index contributed by atoms with van der Waals surface area (Å²) >= 11 is 0. The summed E-state index contributed by atoms with van der Waals surface area (Å²) in [5, 5.41) is 3.06. The van der Waals surface area contributed by atoms with E-state index in [2.05, 4.69) is 33.0 Å². The average Bonchev–Trinajstić information content (AvgIpc) is 2.66. The number of carbonyl (C=O) groups excluding carboxylic acids is 2. The second kappa shape index (κ2) is 10.2. The van der Waals surface area contributed by atoms with Crippen LogP contribution in [0.4, 0.5) is 10.1 Å².